The van der Waals surface area contributed by atoms with Crippen LogP contribution in [-0.4, -0.2) is 24.7 Å². The number of nitrogens with one attached hydrogen (secondary N) is 1. The Labute approximate surface area is 176 Å². The Balaban J connectivity index is 1.46. The summed E-state index contributed by atoms with van der Waals surface area (Å²) in [5.74, 6) is 0.213. The Morgan fingerprint density at radius 3 is 2.28 bits per heavy atom. The number of para-hydroxylation sites is 1. The number of nitrogens with zero attached hydrogens (tertiary/aromatic N) is 1. The molecule has 3 aromatic carbocycles. The lowest BCUT2D eigenvalue weighted by Gasteiger charge is -2.05. The van der Waals surface area contributed by atoms with Crippen LogP contribution < -0.4 is 14.9 Å². The summed E-state index contributed by atoms with van der Waals surface area (Å²) < 4.78 is 11.5. The molecule has 6 nitrogen and oxygen atoms in total. The number of hydrogen-bond donors (Lipinski definition) is 1. The van der Waals surface area contributed by atoms with Crippen molar-refractivity contribution in [3.8, 4) is 11.5 Å². The molecule has 0 atom stereocenters. The molecule has 0 aliphatic heterocycles. The first-order valence-electron chi connectivity index (χ1n) is 8.68. The topological polar surface area (TPSA) is 77.0 Å². The van der Waals surface area contributed by atoms with Crippen LogP contribution in [0.3, 0.4) is 0 Å². The molecule has 0 saturated heterocycles. The molecule has 0 aromatic heterocycles. The molecule has 0 bridgehead atoms. The lowest BCUT2D eigenvalue weighted by molar-refractivity contribution is -0.123. The van der Waals surface area contributed by atoms with Crippen LogP contribution in [0.25, 0.3) is 0 Å². The number of carbonyl (C=O) groups is 2. The lowest BCUT2D eigenvalue weighted by Crippen LogP contribution is -2.24. The second-order valence-corrected chi connectivity index (χ2v) is 6.78. The van der Waals surface area contributed by atoms with Gasteiger partial charge < -0.3 is 9.47 Å². The molecular formula is C22H17BrN2O4. The number of benzene rings is 3. The third-order valence-electron chi connectivity index (χ3n) is 3.69. The standard InChI is InChI=1S/C22H17BrN2O4/c23-18-10-8-17(9-11-18)22(27)29-20-12-6-16(7-13-20)14-24-25-21(26)15-28-19-4-2-1-3-5-19/h1-14H,15H2,(H,25,26)/b24-14-. The van der Waals surface area contributed by atoms with E-state index in [9.17, 15) is 9.59 Å². The molecule has 1 amide bonds. The van der Waals surface area contributed by atoms with Crippen LogP contribution in [-0.2, 0) is 4.79 Å². The molecule has 0 unspecified atom stereocenters. The minimum Gasteiger partial charge on any atom is -0.484 e. The van der Waals surface area contributed by atoms with Gasteiger partial charge in [-0.1, -0.05) is 34.1 Å². The van der Waals surface area contributed by atoms with E-state index in [1.54, 1.807) is 60.7 Å². The third kappa shape index (κ3) is 6.58. The normalized spacial score (nSPS) is 10.5. The summed E-state index contributed by atoms with van der Waals surface area (Å²) in [6, 6.07) is 22.7. The van der Waals surface area contributed by atoms with E-state index < -0.39 is 5.97 Å². The van der Waals surface area contributed by atoms with Crippen molar-refractivity contribution in [2.45, 2.75) is 0 Å². The minimum absolute atomic E-state index is 0.133. The zero-order chi connectivity index (χ0) is 20.5. The van der Waals surface area contributed by atoms with E-state index in [1.165, 1.54) is 6.21 Å². The van der Waals surface area contributed by atoms with Crippen LogP contribution in [0.15, 0.2) is 88.4 Å². The number of ether oxygens (including phenoxy) is 2. The van der Waals surface area contributed by atoms with Gasteiger partial charge in [0.25, 0.3) is 5.91 Å². The third-order valence-corrected chi connectivity index (χ3v) is 4.22. The summed E-state index contributed by atoms with van der Waals surface area (Å²) in [5, 5.41) is 3.88. The molecule has 3 rings (SSSR count). The zero-order valence-electron chi connectivity index (χ0n) is 15.2. The Kier molecular flexibility index (Phi) is 7.13. The summed E-state index contributed by atoms with van der Waals surface area (Å²) in [5.41, 5.74) is 3.58. The second-order valence-electron chi connectivity index (χ2n) is 5.86. The van der Waals surface area contributed by atoms with Crippen molar-refractivity contribution in [1.82, 2.24) is 5.43 Å². The van der Waals surface area contributed by atoms with Crippen molar-refractivity contribution in [1.29, 1.82) is 0 Å². The lowest BCUT2D eigenvalue weighted by atomic mass is 10.2. The second kappa shape index (κ2) is 10.2. The Morgan fingerprint density at radius 1 is 0.897 bits per heavy atom. The quantitative estimate of drug-likeness (QED) is 0.252. The number of hydrazone groups is 1. The largest absolute Gasteiger partial charge is 0.484 e. The van der Waals surface area contributed by atoms with Crippen LogP contribution in [0.5, 0.6) is 11.5 Å². The number of amides is 1. The van der Waals surface area contributed by atoms with Gasteiger partial charge in [0.2, 0.25) is 0 Å². The fourth-order valence-electron chi connectivity index (χ4n) is 2.25. The Bertz CT molecular complexity index is 988. The van der Waals surface area contributed by atoms with Crippen LogP contribution in [0.4, 0.5) is 0 Å². The van der Waals surface area contributed by atoms with Crippen LogP contribution >= 0.6 is 15.9 Å². The van der Waals surface area contributed by atoms with Crippen LogP contribution in [0.1, 0.15) is 15.9 Å². The Morgan fingerprint density at radius 2 is 1.59 bits per heavy atom. The van der Waals surface area contributed by atoms with Crippen molar-refractivity contribution >= 4 is 34.0 Å². The number of esters is 1. The van der Waals surface area contributed by atoms with Gasteiger partial charge >= 0.3 is 5.97 Å². The maximum Gasteiger partial charge on any atom is 0.343 e. The number of halogens is 1. The van der Waals surface area contributed by atoms with Crippen molar-refractivity contribution < 1.29 is 19.1 Å². The summed E-state index contributed by atoms with van der Waals surface area (Å²) in [7, 11) is 0. The Hall–Kier alpha value is -3.45. The van der Waals surface area contributed by atoms with E-state index in [2.05, 4.69) is 26.5 Å². The molecule has 29 heavy (non-hydrogen) atoms. The predicted octanol–water partition coefficient (Wildman–Crippen LogP) is 4.20. The fraction of sp³-hybridized carbons (Fsp3) is 0.0455. The van der Waals surface area contributed by atoms with E-state index in [1.807, 2.05) is 18.2 Å². The van der Waals surface area contributed by atoms with E-state index in [0.29, 0.717) is 17.1 Å². The molecule has 0 fully saturated rings. The van der Waals surface area contributed by atoms with E-state index in [0.717, 1.165) is 10.0 Å². The molecule has 7 heteroatoms. The summed E-state index contributed by atoms with van der Waals surface area (Å²) >= 11 is 3.32. The van der Waals surface area contributed by atoms with Crippen LogP contribution in [0.2, 0.25) is 0 Å². The average Bonchev–Trinajstić information content (AvgIpc) is 2.75. The highest BCUT2D eigenvalue weighted by atomic mass is 79.9. The van der Waals surface area contributed by atoms with E-state index in [4.69, 9.17) is 9.47 Å². The van der Waals surface area contributed by atoms with Gasteiger partial charge in [-0.25, -0.2) is 10.2 Å². The molecule has 146 valence electrons. The molecule has 0 aliphatic rings. The van der Waals surface area contributed by atoms with Gasteiger partial charge in [-0.3, -0.25) is 4.79 Å². The molecule has 0 saturated carbocycles. The molecule has 0 spiro atoms. The first-order valence-corrected chi connectivity index (χ1v) is 9.47. The molecule has 3 aromatic rings. The SMILES string of the molecule is O=C(COc1ccccc1)N/N=C\c1ccc(OC(=O)c2ccc(Br)cc2)cc1. The highest BCUT2D eigenvalue weighted by Gasteiger charge is 2.08. The van der Waals surface area contributed by atoms with Crippen molar-refractivity contribution in [2.24, 2.45) is 5.10 Å². The van der Waals surface area contributed by atoms with Gasteiger partial charge in [0.15, 0.2) is 6.61 Å². The first kappa shape index (κ1) is 20.3. The van der Waals surface area contributed by atoms with Gasteiger partial charge in [-0.2, -0.15) is 5.10 Å². The van der Waals surface area contributed by atoms with Gasteiger partial charge in [-0.15, -0.1) is 0 Å². The van der Waals surface area contributed by atoms with Crippen molar-refractivity contribution in [3.05, 3.63) is 94.5 Å². The maximum absolute atomic E-state index is 12.1. The number of carbonyl (C=O) groups excluding carboxylic acids is 2. The van der Waals surface area contributed by atoms with Gasteiger partial charge in [-0.05, 0) is 66.2 Å². The zero-order valence-corrected chi connectivity index (χ0v) is 16.8. The molecule has 0 heterocycles. The summed E-state index contributed by atoms with van der Waals surface area (Å²) in [4.78, 5) is 23.8. The van der Waals surface area contributed by atoms with Gasteiger partial charge in [0.1, 0.15) is 11.5 Å². The predicted molar refractivity (Wildman–Crippen MR) is 113 cm³/mol. The summed E-state index contributed by atoms with van der Waals surface area (Å²) in [6.45, 7) is -0.133. The molecule has 0 aliphatic carbocycles. The highest BCUT2D eigenvalue weighted by molar-refractivity contribution is 9.10. The fourth-order valence-corrected chi connectivity index (χ4v) is 2.51. The van der Waals surface area contributed by atoms with Gasteiger partial charge in [0, 0.05) is 4.47 Å². The maximum atomic E-state index is 12.1. The molecular weight excluding hydrogens is 436 g/mol. The van der Waals surface area contributed by atoms with Gasteiger partial charge in [0.05, 0.1) is 11.8 Å². The molecule has 1 N–H and O–H groups in total. The smallest absolute Gasteiger partial charge is 0.343 e. The van der Waals surface area contributed by atoms with Crippen LogP contribution in [0, 0.1) is 0 Å². The highest BCUT2D eigenvalue weighted by Crippen LogP contribution is 2.15. The van der Waals surface area contributed by atoms with Crippen molar-refractivity contribution in [2.75, 3.05) is 6.61 Å². The minimum atomic E-state index is -0.440. The number of hydrogen-bond acceptors (Lipinski definition) is 5. The van der Waals surface area contributed by atoms with E-state index in [-0.39, 0.29) is 12.5 Å². The monoisotopic (exact) mass is 452 g/mol. The van der Waals surface area contributed by atoms with Crippen molar-refractivity contribution in [3.63, 3.8) is 0 Å². The number of rotatable bonds is 7. The van der Waals surface area contributed by atoms with E-state index >= 15 is 0 Å². The molecule has 0 radical (unpaired) electrons. The first-order chi connectivity index (χ1) is 14.1. The summed E-state index contributed by atoms with van der Waals surface area (Å²) in [6.07, 6.45) is 1.49. The average molecular weight is 453 g/mol.